The van der Waals surface area contributed by atoms with Crippen molar-refractivity contribution in [2.45, 2.75) is 13.5 Å². The number of carbonyl (C=O) groups is 1. The number of nitrogens with one attached hydrogen (secondary N) is 1. The quantitative estimate of drug-likeness (QED) is 0.230. The number of carbonyl (C=O) groups excluding carboxylic acids is 1. The van der Waals surface area contributed by atoms with Crippen LogP contribution in [0.4, 0.5) is 0 Å². The van der Waals surface area contributed by atoms with Gasteiger partial charge in [0.25, 0.3) is 5.91 Å². The third-order valence-electron chi connectivity index (χ3n) is 4.02. The summed E-state index contributed by atoms with van der Waals surface area (Å²) in [6, 6.07) is 20.6. The second-order valence-corrected chi connectivity index (χ2v) is 7.90. The molecule has 3 aromatic rings. The number of ether oxygens (including phenoxy) is 2. The van der Waals surface area contributed by atoms with E-state index in [9.17, 15) is 4.79 Å². The summed E-state index contributed by atoms with van der Waals surface area (Å²) in [5.41, 5.74) is 4.76. The number of benzene rings is 3. The normalized spacial score (nSPS) is 10.8. The van der Waals surface area contributed by atoms with Gasteiger partial charge in [-0.15, -0.1) is 0 Å². The second-order valence-electron chi connectivity index (χ2n) is 6.25. The fraction of sp³-hybridized carbons (Fsp3) is 0.130. The van der Waals surface area contributed by atoms with Crippen LogP contribution in [0.5, 0.6) is 11.5 Å². The maximum atomic E-state index is 12.2. The van der Waals surface area contributed by atoms with Crippen molar-refractivity contribution >= 4 is 46.3 Å². The molecule has 0 aliphatic heterocycles. The maximum absolute atomic E-state index is 12.2. The Hall–Kier alpha value is -2.58. The standard InChI is InChI=1S/C23H20ClIN2O3/c1-2-29-21-12-17(14-26-27-23(28)18-9-6-10-19(25)13-18)11-20(24)22(21)30-15-16-7-4-3-5-8-16/h3-14H,2,15H2,1H3,(H,27,28)/b26-14-. The predicted octanol–water partition coefficient (Wildman–Crippen LogP) is 5.69. The molecule has 3 aromatic carbocycles. The summed E-state index contributed by atoms with van der Waals surface area (Å²) < 4.78 is 12.6. The van der Waals surface area contributed by atoms with Crippen LogP contribution in [0.1, 0.15) is 28.4 Å². The Kier molecular flexibility index (Phi) is 8.10. The molecule has 0 aliphatic carbocycles. The van der Waals surface area contributed by atoms with Crippen LogP contribution in [0.2, 0.25) is 5.02 Å². The average molecular weight is 535 g/mol. The highest BCUT2D eigenvalue weighted by Gasteiger charge is 2.13. The highest BCUT2D eigenvalue weighted by Crippen LogP contribution is 2.37. The first-order chi connectivity index (χ1) is 14.6. The van der Waals surface area contributed by atoms with Gasteiger partial charge in [0.05, 0.1) is 17.8 Å². The Balaban J connectivity index is 1.72. The Morgan fingerprint density at radius 1 is 1.10 bits per heavy atom. The zero-order chi connectivity index (χ0) is 21.3. The first kappa shape index (κ1) is 22.1. The molecule has 30 heavy (non-hydrogen) atoms. The zero-order valence-electron chi connectivity index (χ0n) is 16.3. The van der Waals surface area contributed by atoms with Gasteiger partial charge in [-0.1, -0.05) is 48.0 Å². The van der Waals surface area contributed by atoms with E-state index in [4.69, 9.17) is 21.1 Å². The van der Waals surface area contributed by atoms with Crippen molar-refractivity contribution in [2.24, 2.45) is 5.10 Å². The first-order valence-corrected chi connectivity index (χ1v) is 10.7. The highest BCUT2D eigenvalue weighted by atomic mass is 127. The number of nitrogens with zero attached hydrogens (tertiary/aromatic N) is 1. The van der Waals surface area contributed by atoms with Crippen molar-refractivity contribution in [3.8, 4) is 11.5 Å². The lowest BCUT2D eigenvalue weighted by Crippen LogP contribution is -2.17. The van der Waals surface area contributed by atoms with E-state index >= 15 is 0 Å². The van der Waals surface area contributed by atoms with Gasteiger partial charge >= 0.3 is 0 Å². The smallest absolute Gasteiger partial charge is 0.271 e. The van der Waals surface area contributed by atoms with E-state index in [0.717, 1.165) is 9.13 Å². The van der Waals surface area contributed by atoms with Crippen molar-refractivity contribution in [2.75, 3.05) is 6.61 Å². The minimum Gasteiger partial charge on any atom is -0.490 e. The molecule has 0 unspecified atom stereocenters. The number of hydrogen-bond donors (Lipinski definition) is 1. The monoisotopic (exact) mass is 534 g/mol. The van der Waals surface area contributed by atoms with Crippen LogP contribution in [0.15, 0.2) is 71.8 Å². The summed E-state index contributed by atoms with van der Waals surface area (Å²) in [5.74, 6) is 0.706. The van der Waals surface area contributed by atoms with E-state index in [1.165, 1.54) is 6.21 Å². The molecule has 1 N–H and O–H groups in total. The van der Waals surface area contributed by atoms with Crippen LogP contribution in [0.3, 0.4) is 0 Å². The van der Waals surface area contributed by atoms with E-state index in [1.54, 1.807) is 24.3 Å². The van der Waals surface area contributed by atoms with Crippen molar-refractivity contribution < 1.29 is 14.3 Å². The summed E-state index contributed by atoms with van der Waals surface area (Å²) >= 11 is 8.59. The van der Waals surface area contributed by atoms with Gasteiger partial charge in [0, 0.05) is 9.13 Å². The number of hydrazone groups is 1. The van der Waals surface area contributed by atoms with Gasteiger partial charge in [0.2, 0.25) is 0 Å². The fourth-order valence-corrected chi connectivity index (χ4v) is 3.47. The van der Waals surface area contributed by atoms with Gasteiger partial charge in [0.15, 0.2) is 11.5 Å². The zero-order valence-corrected chi connectivity index (χ0v) is 19.2. The Bertz CT molecular complexity index is 1040. The summed E-state index contributed by atoms with van der Waals surface area (Å²) in [5, 5.41) is 4.44. The lowest BCUT2D eigenvalue weighted by atomic mass is 10.2. The summed E-state index contributed by atoms with van der Waals surface area (Å²) in [7, 11) is 0. The maximum Gasteiger partial charge on any atom is 0.271 e. The molecule has 0 radical (unpaired) electrons. The van der Waals surface area contributed by atoms with E-state index in [1.807, 2.05) is 49.4 Å². The van der Waals surface area contributed by atoms with Gasteiger partial charge in [-0.25, -0.2) is 5.43 Å². The molecule has 0 bridgehead atoms. The third kappa shape index (κ3) is 6.21. The van der Waals surface area contributed by atoms with Crippen LogP contribution >= 0.6 is 34.2 Å². The van der Waals surface area contributed by atoms with E-state index < -0.39 is 0 Å². The van der Waals surface area contributed by atoms with Crippen molar-refractivity contribution in [3.05, 3.63) is 92.0 Å². The molecule has 3 rings (SSSR count). The van der Waals surface area contributed by atoms with Crippen molar-refractivity contribution in [3.63, 3.8) is 0 Å². The Morgan fingerprint density at radius 2 is 1.90 bits per heavy atom. The minimum absolute atomic E-state index is 0.288. The van der Waals surface area contributed by atoms with Crippen LogP contribution in [0, 0.1) is 3.57 Å². The number of rotatable bonds is 8. The van der Waals surface area contributed by atoms with Gasteiger partial charge in [-0.3, -0.25) is 4.79 Å². The minimum atomic E-state index is -0.288. The predicted molar refractivity (Wildman–Crippen MR) is 128 cm³/mol. The molecule has 0 aliphatic rings. The number of hydrogen-bond acceptors (Lipinski definition) is 4. The van der Waals surface area contributed by atoms with Gasteiger partial charge in [-0.05, 0) is 71.0 Å². The van der Waals surface area contributed by atoms with Crippen LogP contribution in [0.25, 0.3) is 0 Å². The topological polar surface area (TPSA) is 59.9 Å². The van der Waals surface area contributed by atoms with Crippen LogP contribution < -0.4 is 14.9 Å². The molecule has 0 saturated carbocycles. The molecule has 1 amide bonds. The molecule has 0 aromatic heterocycles. The molecule has 0 heterocycles. The SMILES string of the molecule is CCOc1cc(/C=N\NC(=O)c2cccc(I)c2)cc(Cl)c1OCc1ccccc1. The van der Waals surface area contributed by atoms with Gasteiger partial charge < -0.3 is 9.47 Å². The largest absolute Gasteiger partial charge is 0.490 e. The molecule has 0 saturated heterocycles. The highest BCUT2D eigenvalue weighted by molar-refractivity contribution is 14.1. The molecule has 0 atom stereocenters. The van der Waals surface area contributed by atoms with Gasteiger partial charge in [-0.2, -0.15) is 5.10 Å². The van der Waals surface area contributed by atoms with Crippen LogP contribution in [-0.4, -0.2) is 18.7 Å². The fourth-order valence-electron chi connectivity index (χ4n) is 2.65. The second kappa shape index (κ2) is 11.0. The summed E-state index contributed by atoms with van der Waals surface area (Å²) in [4.78, 5) is 12.2. The molecular formula is C23H20ClIN2O3. The molecule has 7 heteroatoms. The first-order valence-electron chi connectivity index (χ1n) is 9.29. The summed E-state index contributed by atoms with van der Waals surface area (Å²) in [6.45, 7) is 2.72. The number of amides is 1. The molecule has 154 valence electrons. The molecule has 0 spiro atoms. The lowest BCUT2D eigenvalue weighted by Gasteiger charge is -2.14. The molecule has 0 fully saturated rings. The van der Waals surface area contributed by atoms with Crippen LogP contribution in [-0.2, 0) is 6.61 Å². The van der Waals surface area contributed by atoms with Crippen molar-refractivity contribution in [1.82, 2.24) is 5.43 Å². The Morgan fingerprint density at radius 3 is 2.63 bits per heavy atom. The number of halogens is 2. The molecule has 5 nitrogen and oxygen atoms in total. The van der Waals surface area contributed by atoms with Gasteiger partial charge in [0.1, 0.15) is 6.61 Å². The molecular weight excluding hydrogens is 515 g/mol. The van der Waals surface area contributed by atoms with E-state index in [-0.39, 0.29) is 5.91 Å². The third-order valence-corrected chi connectivity index (χ3v) is 4.98. The van der Waals surface area contributed by atoms with E-state index in [2.05, 4.69) is 33.1 Å². The Labute approximate surface area is 194 Å². The summed E-state index contributed by atoms with van der Waals surface area (Å²) in [6.07, 6.45) is 1.52. The van der Waals surface area contributed by atoms with Crippen molar-refractivity contribution in [1.29, 1.82) is 0 Å². The van der Waals surface area contributed by atoms with E-state index in [0.29, 0.717) is 40.9 Å². The lowest BCUT2D eigenvalue weighted by molar-refractivity contribution is 0.0955. The average Bonchev–Trinajstić information content (AvgIpc) is 2.74.